The Kier molecular flexibility index (Phi) is 3.91. The van der Waals surface area contributed by atoms with Gasteiger partial charge < -0.3 is 10.4 Å². The lowest BCUT2D eigenvalue weighted by molar-refractivity contribution is 0.106. The third-order valence-electron chi connectivity index (χ3n) is 4.73. The Morgan fingerprint density at radius 3 is 2.38 bits per heavy atom. The summed E-state index contributed by atoms with van der Waals surface area (Å²) in [5, 5.41) is 13.2. The van der Waals surface area contributed by atoms with Crippen LogP contribution >= 0.6 is 0 Å². The van der Waals surface area contributed by atoms with E-state index in [9.17, 15) is 5.11 Å². The highest BCUT2D eigenvalue weighted by molar-refractivity contribution is 4.90. The maximum absolute atomic E-state index is 9.47. The summed E-state index contributed by atoms with van der Waals surface area (Å²) in [6.07, 6.45) is 8.53. The molecule has 1 unspecified atom stereocenters. The molecule has 0 spiro atoms. The van der Waals surface area contributed by atoms with Crippen molar-refractivity contribution in [2.75, 3.05) is 6.54 Å². The summed E-state index contributed by atoms with van der Waals surface area (Å²) in [4.78, 5) is 0. The van der Waals surface area contributed by atoms with Crippen LogP contribution in [0.3, 0.4) is 0 Å². The Morgan fingerprint density at radius 2 is 1.81 bits per heavy atom. The first-order valence-electron chi connectivity index (χ1n) is 6.99. The topological polar surface area (TPSA) is 32.3 Å². The summed E-state index contributed by atoms with van der Waals surface area (Å²) in [6, 6.07) is 0.722. The second-order valence-electron chi connectivity index (χ2n) is 6.52. The van der Waals surface area contributed by atoms with Gasteiger partial charge in [0.15, 0.2) is 0 Å². The highest BCUT2D eigenvalue weighted by Crippen LogP contribution is 2.37. The summed E-state index contributed by atoms with van der Waals surface area (Å²) in [5.74, 6) is 0.805. The number of nitrogens with one attached hydrogen (secondary N) is 1. The van der Waals surface area contributed by atoms with Crippen molar-refractivity contribution in [1.29, 1.82) is 0 Å². The van der Waals surface area contributed by atoms with Crippen molar-refractivity contribution < 1.29 is 5.11 Å². The second kappa shape index (κ2) is 5.05. The lowest BCUT2D eigenvalue weighted by atomic mass is 9.85. The molecule has 2 fully saturated rings. The Balaban J connectivity index is 1.71. The highest BCUT2D eigenvalue weighted by atomic mass is 16.3. The van der Waals surface area contributed by atoms with Crippen LogP contribution in [0, 0.1) is 11.3 Å². The molecule has 0 heterocycles. The molecule has 0 radical (unpaired) electrons. The number of aliphatic hydroxyl groups is 1. The van der Waals surface area contributed by atoms with E-state index in [-0.39, 0.29) is 6.10 Å². The third kappa shape index (κ3) is 2.98. The van der Waals surface area contributed by atoms with Crippen LogP contribution in [0.4, 0.5) is 0 Å². The number of aliphatic hydroxyl groups excluding tert-OH is 1. The average Bonchev–Trinajstić information content (AvgIpc) is 2.57. The van der Waals surface area contributed by atoms with Gasteiger partial charge in [-0.15, -0.1) is 0 Å². The van der Waals surface area contributed by atoms with Gasteiger partial charge in [-0.3, -0.25) is 0 Å². The summed E-state index contributed by atoms with van der Waals surface area (Å²) < 4.78 is 0. The largest absolute Gasteiger partial charge is 0.393 e. The minimum absolute atomic E-state index is 0.0147. The second-order valence-corrected chi connectivity index (χ2v) is 6.52. The Morgan fingerprint density at radius 1 is 1.12 bits per heavy atom. The minimum atomic E-state index is -0.0147. The van der Waals surface area contributed by atoms with E-state index in [0.717, 1.165) is 24.8 Å². The molecule has 2 saturated carbocycles. The first-order valence-corrected chi connectivity index (χ1v) is 6.99. The van der Waals surface area contributed by atoms with Gasteiger partial charge in [-0.2, -0.15) is 0 Å². The first-order chi connectivity index (χ1) is 7.58. The van der Waals surface area contributed by atoms with Gasteiger partial charge in [0.1, 0.15) is 0 Å². The summed E-state index contributed by atoms with van der Waals surface area (Å²) in [6.45, 7) is 5.95. The van der Waals surface area contributed by atoms with Gasteiger partial charge in [0.25, 0.3) is 0 Å². The number of hydrogen-bond acceptors (Lipinski definition) is 2. The van der Waals surface area contributed by atoms with E-state index < -0.39 is 0 Å². The van der Waals surface area contributed by atoms with E-state index in [4.69, 9.17) is 0 Å². The molecule has 0 bridgehead atoms. The molecule has 2 nitrogen and oxygen atoms in total. The predicted octanol–water partition coefficient (Wildman–Crippen LogP) is 2.71. The van der Waals surface area contributed by atoms with Crippen LogP contribution in [0.15, 0.2) is 0 Å². The van der Waals surface area contributed by atoms with E-state index >= 15 is 0 Å². The van der Waals surface area contributed by atoms with Gasteiger partial charge in [0.05, 0.1) is 6.10 Å². The molecule has 2 aliphatic rings. The molecule has 0 amide bonds. The predicted molar refractivity (Wildman–Crippen MR) is 67.4 cm³/mol. The van der Waals surface area contributed by atoms with Gasteiger partial charge in [-0.05, 0) is 56.4 Å². The lowest BCUT2D eigenvalue weighted by Gasteiger charge is -2.31. The van der Waals surface area contributed by atoms with E-state index in [1.165, 1.54) is 38.6 Å². The molecular formula is C14H27NO. The fourth-order valence-electron chi connectivity index (χ4n) is 3.36. The zero-order valence-electron chi connectivity index (χ0n) is 10.8. The van der Waals surface area contributed by atoms with Crippen molar-refractivity contribution in [2.45, 2.75) is 70.9 Å². The maximum atomic E-state index is 9.47. The molecule has 0 aliphatic heterocycles. The van der Waals surface area contributed by atoms with Crippen molar-refractivity contribution in [2.24, 2.45) is 11.3 Å². The van der Waals surface area contributed by atoms with Crippen molar-refractivity contribution >= 4 is 0 Å². The van der Waals surface area contributed by atoms with Gasteiger partial charge in [-0.25, -0.2) is 0 Å². The smallest absolute Gasteiger partial charge is 0.0540 e. The van der Waals surface area contributed by atoms with E-state index in [1.54, 1.807) is 0 Å². The van der Waals surface area contributed by atoms with Crippen LogP contribution in [0.25, 0.3) is 0 Å². The summed E-state index contributed by atoms with van der Waals surface area (Å²) in [7, 11) is 0. The zero-order chi connectivity index (χ0) is 11.6. The molecule has 1 atom stereocenters. The fraction of sp³-hybridized carbons (Fsp3) is 1.00. The van der Waals surface area contributed by atoms with E-state index in [1.807, 2.05) is 0 Å². The molecule has 0 saturated heterocycles. The molecule has 2 heteroatoms. The number of rotatable bonds is 3. The molecular weight excluding hydrogens is 198 g/mol. The van der Waals surface area contributed by atoms with Crippen LogP contribution < -0.4 is 5.32 Å². The average molecular weight is 225 g/mol. The quantitative estimate of drug-likeness (QED) is 0.774. The molecule has 0 aromatic heterocycles. The monoisotopic (exact) mass is 225 g/mol. The first kappa shape index (κ1) is 12.4. The molecule has 0 aromatic carbocycles. The van der Waals surface area contributed by atoms with Crippen molar-refractivity contribution in [1.82, 2.24) is 5.32 Å². The SMILES string of the molecule is CC1(C)CCCC1NCC1CCC(O)CC1. The van der Waals surface area contributed by atoms with Crippen LogP contribution in [0.2, 0.25) is 0 Å². The van der Waals surface area contributed by atoms with Gasteiger partial charge in [0.2, 0.25) is 0 Å². The Labute approximate surface area is 99.8 Å². The van der Waals surface area contributed by atoms with Crippen molar-refractivity contribution in [3.05, 3.63) is 0 Å². The summed E-state index contributed by atoms with van der Waals surface area (Å²) in [5.41, 5.74) is 0.494. The standard InChI is InChI=1S/C14H27NO/c1-14(2)9-3-4-13(14)15-10-11-5-7-12(16)8-6-11/h11-13,15-16H,3-10H2,1-2H3. The van der Waals surface area contributed by atoms with Crippen LogP contribution in [0.1, 0.15) is 58.8 Å². The lowest BCUT2D eigenvalue weighted by Crippen LogP contribution is -2.41. The summed E-state index contributed by atoms with van der Waals surface area (Å²) >= 11 is 0. The maximum Gasteiger partial charge on any atom is 0.0540 e. The molecule has 94 valence electrons. The fourth-order valence-corrected chi connectivity index (χ4v) is 3.36. The van der Waals surface area contributed by atoms with Gasteiger partial charge in [-0.1, -0.05) is 20.3 Å². The Hall–Kier alpha value is -0.0800. The van der Waals surface area contributed by atoms with Gasteiger partial charge in [0, 0.05) is 6.04 Å². The van der Waals surface area contributed by atoms with Crippen LogP contribution in [-0.2, 0) is 0 Å². The van der Waals surface area contributed by atoms with Gasteiger partial charge >= 0.3 is 0 Å². The molecule has 16 heavy (non-hydrogen) atoms. The van der Waals surface area contributed by atoms with Crippen LogP contribution in [0.5, 0.6) is 0 Å². The Bertz CT molecular complexity index is 219. The van der Waals surface area contributed by atoms with Crippen molar-refractivity contribution in [3.63, 3.8) is 0 Å². The van der Waals surface area contributed by atoms with Crippen molar-refractivity contribution in [3.8, 4) is 0 Å². The highest BCUT2D eigenvalue weighted by Gasteiger charge is 2.34. The van der Waals surface area contributed by atoms with Crippen LogP contribution in [-0.4, -0.2) is 23.8 Å². The normalized spacial score (nSPS) is 38.8. The number of hydrogen-bond donors (Lipinski definition) is 2. The zero-order valence-corrected chi connectivity index (χ0v) is 10.8. The minimum Gasteiger partial charge on any atom is -0.393 e. The molecule has 0 aromatic rings. The molecule has 2 N–H and O–H groups in total. The van der Waals surface area contributed by atoms with E-state index in [2.05, 4.69) is 19.2 Å². The molecule has 2 rings (SSSR count). The van der Waals surface area contributed by atoms with E-state index in [0.29, 0.717) is 5.41 Å². The molecule has 2 aliphatic carbocycles. The third-order valence-corrected chi connectivity index (χ3v) is 4.73.